The molecule has 0 unspecified atom stereocenters. The molecule has 1 amide bonds. The number of rotatable bonds is 10. The molecule has 0 atom stereocenters. The van der Waals surface area contributed by atoms with E-state index < -0.39 is 15.9 Å². The fraction of sp³-hybridized carbons (Fsp3) is 0.280. The normalized spacial score (nSPS) is 12.9. The van der Waals surface area contributed by atoms with Crippen LogP contribution in [0.1, 0.15) is 47.2 Å². The van der Waals surface area contributed by atoms with E-state index in [1.165, 1.54) is 23.7 Å². The number of carbonyl (C=O) groups excluding carboxylic acids is 1. The Labute approximate surface area is 215 Å². The number of hydrogen-bond acceptors (Lipinski definition) is 9. The van der Waals surface area contributed by atoms with Gasteiger partial charge in [0.1, 0.15) is 17.7 Å². The van der Waals surface area contributed by atoms with Gasteiger partial charge in [-0.05, 0) is 55.5 Å². The van der Waals surface area contributed by atoms with Crippen LogP contribution < -0.4 is 20.4 Å². The van der Waals surface area contributed by atoms with Crippen molar-refractivity contribution in [3.8, 4) is 6.07 Å². The number of hydroxylamine groups is 1. The van der Waals surface area contributed by atoms with Gasteiger partial charge in [-0.25, -0.2) is 23.9 Å². The fourth-order valence-corrected chi connectivity index (χ4v) is 4.08. The first-order chi connectivity index (χ1) is 17.7. The van der Waals surface area contributed by atoms with E-state index in [4.69, 9.17) is 10.1 Å². The molecule has 11 nitrogen and oxygen atoms in total. The minimum atomic E-state index is -3.55. The molecule has 1 aliphatic rings. The van der Waals surface area contributed by atoms with Crippen molar-refractivity contribution in [3.63, 3.8) is 0 Å². The summed E-state index contributed by atoms with van der Waals surface area (Å²) in [7, 11) is -2.06. The average Bonchev–Trinajstić information content (AvgIpc) is 3.73. The van der Waals surface area contributed by atoms with Gasteiger partial charge in [0, 0.05) is 25.5 Å². The standard InChI is InChI=1S/C25H27N7O4S/c1-4-36-31-25(33)19-15-28-24(30-23-10-5-16(13-26)14-27-23)12-21(19)29-20-9-8-18(17-6-7-17)11-22(20)32(2)37(3,34)35/h5,8-12,14-15,17H,4,6-7H2,1-3H3,(H,31,33)(H2,27,28,29,30). The van der Waals surface area contributed by atoms with Crippen molar-refractivity contribution in [1.82, 2.24) is 15.4 Å². The molecule has 37 heavy (non-hydrogen) atoms. The summed E-state index contributed by atoms with van der Waals surface area (Å²) in [5.41, 5.74) is 5.35. The molecular weight excluding hydrogens is 494 g/mol. The summed E-state index contributed by atoms with van der Waals surface area (Å²) < 4.78 is 26.0. The van der Waals surface area contributed by atoms with Crippen LogP contribution in [0.4, 0.5) is 28.7 Å². The second-order valence-corrected chi connectivity index (χ2v) is 10.6. The Morgan fingerprint density at radius 2 is 1.86 bits per heavy atom. The highest BCUT2D eigenvalue weighted by Gasteiger charge is 2.26. The Morgan fingerprint density at radius 1 is 1.11 bits per heavy atom. The molecule has 2 heterocycles. The van der Waals surface area contributed by atoms with Gasteiger partial charge in [0.2, 0.25) is 10.0 Å². The lowest BCUT2D eigenvalue weighted by Gasteiger charge is -2.23. The third-order valence-corrected chi connectivity index (χ3v) is 6.97. The smallest absolute Gasteiger partial charge is 0.278 e. The predicted molar refractivity (Wildman–Crippen MR) is 141 cm³/mol. The monoisotopic (exact) mass is 521 g/mol. The lowest BCUT2D eigenvalue weighted by atomic mass is 10.1. The number of nitrogens with one attached hydrogen (secondary N) is 3. The largest absolute Gasteiger partial charge is 0.353 e. The number of anilines is 5. The second-order valence-electron chi connectivity index (χ2n) is 8.55. The highest BCUT2D eigenvalue weighted by Crippen LogP contribution is 2.43. The summed E-state index contributed by atoms with van der Waals surface area (Å²) in [5, 5.41) is 15.2. The Morgan fingerprint density at radius 3 is 2.49 bits per heavy atom. The zero-order chi connectivity index (χ0) is 26.6. The van der Waals surface area contributed by atoms with Crippen LogP contribution in [0.15, 0.2) is 48.8 Å². The fourth-order valence-electron chi connectivity index (χ4n) is 3.58. The molecule has 3 N–H and O–H groups in total. The first-order valence-corrected chi connectivity index (χ1v) is 13.4. The van der Waals surface area contributed by atoms with Crippen LogP contribution >= 0.6 is 0 Å². The molecule has 0 aliphatic heterocycles. The third-order valence-electron chi connectivity index (χ3n) is 5.78. The Kier molecular flexibility index (Phi) is 7.56. The van der Waals surface area contributed by atoms with Crippen LogP contribution in [-0.2, 0) is 14.9 Å². The molecule has 2 aromatic heterocycles. The van der Waals surface area contributed by atoms with Crippen LogP contribution in [0.25, 0.3) is 0 Å². The van der Waals surface area contributed by atoms with E-state index in [9.17, 15) is 13.2 Å². The zero-order valence-electron chi connectivity index (χ0n) is 20.6. The van der Waals surface area contributed by atoms with Crippen LogP contribution in [0.2, 0.25) is 0 Å². The van der Waals surface area contributed by atoms with E-state index >= 15 is 0 Å². The van der Waals surface area contributed by atoms with Crippen LogP contribution in [0, 0.1) is 11.3 Å². The maximum atomic E-state index is 12.8. The SMILES string of the molecule is CCONC(=O)c1cnc(Nc2ccc(C#N)cn2)cc1Nc1ccc(C2CC2)cc1N(C)S(C)(=O)=O. The summed E-state index contributed by atoms with van der Waals surface area (Å²) >= 11 is 0. The average molecular weight is 522 g/mol. The van der Waals surface area contributed by atoms with Gasteiger partial charge in [-0.3, -0.25) is 13.9 Å². The molecule has 0 bridgehead atoms. The summed E-state index contributed by atoms with van der Waals surface area (Å²) in [6.45, 7) is 2.02. The van der Waals surface area contributed by atoms with Gasteiger partial charge in [-0.1, -0.05) is 6.07 Å². The number of hydrogen-bond donors (Lipinski definition) is 3. The Balaban J connectivity index is 1.73. The maximum absolute atomic E-state index is 12.8. The molecule has 4 rings (SSSR count). The first kappa shape index (κ1) is 25.9. The van der Waals surface area contributed by atoms with Crippen molar-refractivity contribution < 1.29 is 18.0 Å². The van der Waals surface area contributed by atoms with Crippen molar-refractivity contribution in [2.45, 2.75) is 25.7 Å². The summed E-state index contributed by atoms with van der Waals surface area (Å²) in [6, 6.07) is 12.5. The number of carbonyl (C=O) groups is 1. The minimum absolute atomic E-state index is 0.186. The molecular formula is C25H27N7O4S. The quantitative estimate of drug-likeness (QED) is 0.339. The van der Waals surface area contributed by atoms with Crippen LogP contribution in [0.5, 0.6) is 0 Å². The van der Waals surface area contributed by atoms with Gasteiger partial charge in [0.15, 0.2) is 0 Å². The van der Waals surface area contributed by atoms with Gasteiger partial charge in [0.25, 0.3) is 5.91 Å². The second kappa shape index (κ2) is 10.8. The van der Waals surface area contributed by atoms with Gasteiger partial charge < -0.3 is 10.6 Å². The Hall–Kier alpha value is -4.21. The number of nitrogens with zero attached hydrogens (tertiary/aromatic N) is 4. The molecule has 192 valence electrons. The summed E-state index contributed by atoms with van der Waals surface area (Å²) in [4.78, 5) is 26.4. The van der Waals surface area contributed by atoms with E-state index in [0.717, 1.165) is 24.7 Å². The number of nitriles is 1. The van der Waals surface area contributed by atoms with Crippen LogP contribution in [0.3, 0.4) is 0 Å². The maximum Gasteiger partial charge on any atom is 0.278 e. The Bertz CT molecular complexity index is 1450. The molecule has 1 saturated carbocycles. The van der Waals surface area contributed by atoms with E-state index in [1.807, 2.05) is 24.3 Å². The van der Waals surface area contributed by atoms with Gasteiger partial charge >= 0.3 is 0 Å². The van der Waals surface area contributed by atoms with Crippen molar-refractivity contribution in [1.29, 1.82) is 5.26 Å². The predicted octanol–water partition coefficient (Wildman–Crippen LogP) is 3.79. The van der Waals surface area contributed by atoms with Crippen molar-refractivity contribution in [3.05, 3.63) is 65.5 Å². The van der Waals surface area contributed by atoms with Crippen LogP contribution in [-0.4, -0.2) is 44.2 Å². The van der Waals surface area contributed by atoms with Crippen molar-refractivity contribution in [2.75, 3.05) is 34.8 Å². The number of benzene rings is 1. The van der Waals surface area contributed by atoms with Gasteiger partial charge in [0.05, 0.1) is 41.1 Å². The number of pyridine rings is 2. The molecule has 1 fully saturated rings. The lowest BCUT2D eigenvalue weighted by molar-refractivity contribution is 0.0365. The lowest BCUT2D eigenvalue weighted by Crippen LogP contribution is -2.26. The van der Waals surface area contributed by atoms with E-state index in [1.54, 1.807) is 25.1 Å². The molecule has 0 spiro atoms. The molecule has 0 radical (unpaired) electrons. The van der Waals surface area contributed by atoms with Gasteiger partial charge in [-0.15, -0.1) is 0 Å². The van der Waals surface area contributed by atoms with Gasteiger partial charge in [-0.2, -0.15) is 5.26 Å². The van der Waals surface area contributed by atoms with Crippen molar-refractivity contribution >= 4 is 44.6 Å². The minimum Gasteiger partial charge on any atom is -0.353 e. The number of amides is 1. The van der Waals surface area contributed by atoms with E-state index in [2.05, 4.69) is 26.1 Å². The first-order valence-electron chi connectivity index (χ1n) is 11.6. The van der Waals surface area contributed by atoms with E-state index in [-0.39, 0.29) is 12.2 Å². The highest BCUT2D eigenvalue weighted by atomic mass is 32.2. The summed E-state index contributed by atoms with van der Waals surface area (Å²) in [5.74, 6) is 0.730. The number of aromatic nitrogens is 2. The third kappa shape index (κ3) is 6.32. The zero-order valence-corrected chi connectivity index (χ0v) is 21.5. The van der Waals surface area contributed by atoms with Crippen molar-refractivity contribution in [2.24, 2.45) is 0 Å². The topological polar surface area (TPSA) is 149 Å². The highest BCUT2D eigenvalue weighted by molar-refractivity contribution is 7.92. The number of sulfonamides is 1. The molecule has 3 aromatic rings. The molecule has 1 aliphatic carbocycles. The molecule has 0 saturated heterocycles. The molecule has 12 heteroatoms. The van der Waals surface area contributed by atoms with E-state index in [0.29, 0.717) is 40.2 Å². The summed E-state index contributed by atoms with van der Waals surface area (Å²) in [6.07, 6.45) is 6.08. The molecule has 1 aromatic carbocycles.